The van der Waals surface area contributed by atoms with E-state index in [1.54, 1.807) is 4.90 Å². The molecule has 8 nitrogen and oxygen atoms in total. The molecule has 3 unspecified atom stereocenters. The molecule has 322 valence electrons. The number of hydrogen-bond acceptors (Lipinski definition) is 7. The molecular weight excluding hydrogens is 734 g/mol. The molecule has 0 aromatic rings. The van der Waals surface area contributed by atoms with Crippen LogP contribution in [0.15, 0.2) is 0 Å². The molecule has 1 heterocycles. The third kappa shape index (κ3) is 48.6. The summed E-state index contributed by atoms with van der Waals surface area (Å²) in [5.41, 5.74) is -0.468. The van der Waals surface area contributed by atoms with E-state index in [-0.39, 0.29) is 24.2 Å². The van der Waals surface area contributed by atoms with Crippen molar-refractivity contribution in [2.75, 3.05) is 18.5 Å². The van der Waals surface area contributed by atoms with Crippen molar-refractivity contribution in [1.82, 2.24) is 4.90 Å². The minimum Gasteiger partial charge on any atom is -0.468 e. The van der Waals surface area contributed by atoms with E-state index in [0.29, 0.717) is 32.5 Å². The summed E-state index contributed by atoms with van der Waals surface area (Å²) in [5, 5.41) is 10.5. The summed E-state index contributed by atoms with van der Waals surface area (Å²) < 4.78 is 15.7. The van der Waals surface area contributed by atoms with Crippen LogP contribution >= 0.6 is 15.9 Å². The summed E-state index contributed by atoms with van der Waals surface area (Å²) >= 11 is 3.25. The van der Waals surface area contributed by atoms with Gasteiger partial charge >= 0.3 is 12.1 Å². The minimum absolute atomic E-state index is 0.0150. The number of unbranched alkanes of at least 4 members (excludes halogenated alkanes) is 13. The van der Waals surface area contributed by atoms with E-state index in [4.69, 9.17) is 9.47 Å². The van der Waals surface area contributed by atoms with Crippen molar-refractivity contribution in [3.05, 3.63) is 0 Å². The Morgan fingerprint density at radius 2 is 1.19 bits per heavy atom. The van der Waals surface area contributed by atoms with Crippen molar-refractivity contribution < 1.29 is 33.7 Å². The highest BCUT2D eigenvalue weighted by Gasteiger charge is 2.33. The Kier molecular flexibility index (Phi) is 55.9. The van der Waals surface area contributed by atoms with Crippen LogP contribution in [0, 0.1) is 0 Å². The maximum atomic E-state index is 12.3. The van der Waals surface area contributed by atoms with Crippen LogP contribution in [0.2, 0.25) is 0 Å². The zero-order valence-corrected chi connectivity index (χ0v) is 39.1. The van der Waals surface area contributed by atoms with E-state index in [1.807, 2.05) is 69.2 Å². The van der Waals surface area contributed by atoms with Crippen molar-refractivity contribution in [3.8, 4) is 0 Å². The van der Waals surface area contributed by atoms with Gasteiger partial charge in [0.05, 0.1) is 19.3 Å². The number of ether oxygens (including phenoxy) is 3. The maximum Gasteiger partial charge on any atom is 0.410 e. The molecule has 0 aromatic heterocycles. The first kappa shape index (κ1) is 60.9. The Balaban J connectivity index is -0.000000263. The number of carbonyl (C=O) groups is 3. The lowest BCUT2D eigenvalue weighted by atomic mass is 10.0. The number of halogens is 1. The van der Waals surface area contributed by atoms with E-state index in [2.05, 4.69) is 41.4 Å². The lowest BCUT2D eigenvalue weighted by Gasteiger charge is -2.26. The average molecular weight is 827 g/mol. The second kappa shape index (κ2) is 48.7. The number of esters is 1. The first-order valence-electron chi connectivity index (χ1n) is 21.9. The number of alkyl halides is 1. The van der Waals surface area contributed by atoms with E-state index < -0.39 is 11.7 Å². The molecule has 9 heteroatoms. The molecule has 53 heavy (non-hydrogen) atoms. The third-order valence-corrected chi connectivity index (χ3v) is 8.68. The molecule has 1 aliphatic heterocycles. The fourth-order valence-corrected chi connectivity index (χ4v) is 5.25. The van der Waals surface area contributed by atoms with Crippen LogP contribution in [0.4, 0.5) is 4.79 Å². The normalized spacial score (nSPS) is 14.8. The summed E-state index contributed by atoms with van der Waals surface area (Å²) in [5.74, 6) is -0.0150. The Labute approximate surface area is 339 Å². The summed E-state index contributed by atoms with van der Waals surface area (Å²) in [6, 6.07) is 0.0693. The van der Waals surface area contributed by atoms with Gasteiger partial charge in [0, 0.05) is 17.8 Å². The van der Waals surface area contributed by atoms with E-state index in [9.17, 15) is 19.5 Å². The van der Waals surface area contributed by atoms with Gasteiger partial charge in [0.15, 0.2) is 0 Å². The molecule has 1 N–H and O–H groups in total. The summed E-state index contributed by atoms with van der Waals surface area (Å²) in [6.45, 7) is 27.4. The second-order valence-corrected chi connectivity index (χ2v) is 14.7. The van der Waals surface area contributed by atoms with Crippen LogP contribution < -0.4 is 0 Å². The Morgan fingerprint density at radius 1 is 0.755 bits per heavy atom. The zero-order chi connectivity index (χ0) is 41.8. The van der Waals surface area contributed by atoms with Gasteiger partial charge < -0.3 is 24.2 Å². The van der Waals surface area contributed by atoms with Crippen LogP contribution in [0.3, 0.4) is 0 Å². The number of aliphatic hydroxyl groups excluding tert-OH is 1. The molecule has 0 radical (unpaired) electrons. The highest BCUT2D eigenvalue weighted by atomic mass is 79.9. The van der Waals surface area contributed by atoms with E-state index in [1.165, 1.54) is 77.0 Å². The van der Waals surface area contributed by atoms with Crippen molar-refractivity contribution in [1.29, 1.82) is 0 Å². The van der Waals surface area contributed by atoms with Crippen LogP contribution in [-0.4, -0.2) is 70.9 Å². The Bertz CT molecular complexity index is 731. The molecular formula is C44H92BrNO7. The van der Waals surface area contributed by atoms with Crippen molar-refractivity contribution >= 4 is 34.5 Å². The van der Waals surface area contributed by atoms with Gasteiger partial charge in [-0.3, -0.25) is 9.59 Å². The Morgan fingerprint density at radius 3 is 1.58 bits per heavy atom. The number of hydrogen-bond donors (Lipinski definition) is 1. The van der Waals surface area contributed by atoms with Crippen LogP contribution in [0.1, 0.15) is 225 Å². The summed E-state index contributed by atoms with van der Waals surface area (Å²) in [7, 11) is 0. The molecule has 0 aromatic carbocycles. The number of aliphatic hydroxyl groups is 1. The first-order valence-corrected chi connectivity index (χ1v) is 23.1. The lowest BCUT2D eigenvalue weighted by molar-refractivity contribution is -0.150. The van der Waals surface area contributed by atoms with Gasteiger partial charge in [-0.15, -0.1) is 0 Å². The molecule has 1 fully saturated rings. The minimum atomic E-state index is -0.468. The van der Waals surface area contributed by atoms with Crippen molar-refractivity contribution in [2.45, 2.75) is 249 Å². The van der Waals surface area contributed by atoms with E-state index in [0.717, 1.165) is 50.3 Å². The van der Waals surface area contributed by atoms with Gasteiger partial charge in [-0.2, -0.15) is 0 Å². The number of amides is 1. The van der Waals surface area contributed by atoms with E-state index >= 15 is 0 Å². The highest BCUT2D eigenvalue weighted by molar-refractivity contribution is 9.09. The predicted molar refractivity (Wildman–Crippen MR) is 232 cm³/mol. The van der Waals surface area contributed by atoms with Crippen molar-refractivity contribution in [2.24, 2.45) is 0 Å². The SMILES string of the molecule is CC.CC.CC.CC1CC(O)CN1C(=O)OC(C)(C)C.CCCBr.CCCCCCCCC(CCCCCCC)OC(=O)CCCCCCCOC=O. The number of rotatable bonds is 24. The van der Waals surface area contributed by atoms with Gasteiger partial charge in [0.2, 0.25) is 0 Å². The smallest absolute Gasteiger partial charge is 0.410 e. The fraction of sp³-hybridized carbons (Fsp3) is 0.932. The predicted octanol–water partition coefficient (Wildman–Crippen LogP) is 13.8. The van der Waals surface area contributed by atoms with Crippen LogP contribution in [0.5, 0.6) is 0 Å². The second-order valence-electron chi connectivity index (χ2n) is 13.9. The fourth-order valence-electron chi connectivity index (χ4n) is 5.25. The van der Waals surface area contributed by atoms with Crippen LogP contribution in [-0.2, 0) is 23.8 Å². The topological polar surface area (TPSA) is 102 Å². The van der Waals surface area contributed by atoms with Gasteiger partial charge in [-0.25, -0.2) is 4.79 Å². The highest BCUT2D eigenvalue weighted by Crippen LogP contribution is 2.21. The number of carbonyl (C=O) groups excluding carboxylic acids is 3. The molecule has 3 atom stereocenters. The van der Waals surface area contributed by atoms with Gasteiger partial charge in [-0.05, 0) is 79.1 Å². The molecule has 1 amide bonds. The van der Waals surface area contributed by atoms with Gasteiger partial charge in [0.1, 0.15) is 11.7 Å². The molecule has 0 aliphatic carbocycles. The molecule has 0 bridgehead atoms. The number of likely N-dealkylation sites (tertiary alicyclic amines) is 1. The van der Waals surface area contributed by atoms with Crippen LogP contribution in [0.25, 0.3) is 0 Å². The molecule has 0 saturated carbocycles. The van der Waals surface area contributed by atoms with Gasteiger partial charge in [0.25, 0.3) is 6.47 Å². The third-order valence-electron chi connectivity index (χ3n) is 7.89. The molecule has 1 saturated heterocycles. The largest absolute Gasteiger partial charge is 0.468 e. The first-order chi connectivity index (χ1) is 25.4. The maximum absolute atomic E-state index is 12.3. The van der Waals surface area contributed by atoms with Crippen molar-refractivity contribution in [3.63, 3.8) is 0 Å². The lowest BCUT2D eigenvalue weighted by Crippen LogP contribution is -2.39. The standard InChI is InChI=1S/C25H48O4.C10H19NO3.C3H7Br.3C2H6/c1-3-5-7-9-12-16-20-24(19-15-11-8-6-4-2)29-25(27)21-17-13-10-14-18-22-28-23-26;1-7-5-8(12)6-11(7)9(13)14-10(2,3)4;1-2-3-4;3*1-2/h23-24H,3-22H2,1-2H3;7-8,12H,5-6H2,1-4H3;2-3H2,1H3;3*1-2H3. The molecule has 0 spiro atoms. The zero-order valence-electron chi connectivity index (χ0n) is 37.5. The molecule has 1 aliphatic rings. The molecule has 1 rings (SSSR count). The number of β-amino-alcohol motifs (C(OH)–C–C–N with tert-alkyl or cyclic N) is 1. The average Bonchev–Trinajstić information content (AvgIpc) is 3.50. The Hall–Kier alpha value is -1.35. The summed E-state index contributed by atoms with van der Waals surface area (Å²) in [4.78, 5) is 35.5. The monoisotopic (exact) mass is 826 g/mol. The summed E-state index contributed by atoms with van der Waals surface area (Å²) in [6.07, 6.45) is 22.8. The number of nitrogens with zero attached hydrogens (tertiary/aromatic N) is 1. The van der Waals surface area contributed by atoms with Gasteiger partial charge in [-0.1, -0.05) is 155 Å². The quantitative estimate of drug-likeness (QED) is 0.0340.